The molecule has 0 saturated heterocycles. The van der Waals surface area contributed by atoms with Gasteiger partial charge in [0.15, 0.2) is 5.65 Å². The normalized spacial score (nSPS) is 16.1. The van der Waals surface area contributed by atoms with Crippen LogP contribution in [-0.4, -0.2) is 38.1 Å². The van der Waals surface area contributed by atoms with E-state index in [4.69, 9.17) is 15.5 Å². The van der Waals surface area contributed by atoms with Crippen LogP contribution in [-0.2, 0) is 6.54 Å². The Morgan fingerprint density at radius 1 is 1.21 bits per heavy atom. The van der Waals surface area contributed by atoms with Crippen LogP contribution < -0.4 is 21.1 Å². The Balaban J connectivity index is 1.74. The molecular formula is C23H22FN7O2. The molecule has 1 aliphatic heterocycles. The molecule has 1 aromatic carbocycles. The van der Waals surface area contributed by atoms with Crippen LogP contribution in [0.15, 0.2) is 42.6 Å². The molecule has 0 spiro atoms. The number of ether oxygens (including phenoxy) is 1. The summed E-state index contributed by atoms with van der Waals surface area (Å²) in [6.45, 7) is 3.93. The molecule has 1 unspecified atom stereocenters. The van der Waals surface area contributed by atoms with Gasteiger partial charge in [-0.05, 0) is 25.5 Å². The Labute approximate surface area is 188 Å². The van der Waals surface area contributed by atoms with Crippen LogP contribution in [0.3, 0.4) is 0 Å². The van der Waals surface area contributed by atoms with Crippen LogP contribution in [0.1, 0.15) is 28.5 Å². The minimum atomic E-state index is -0.482. The molecule has 4 aromatic rings. The number of benzene rings is 1. The number of carbonyl (C=O) groups excluding carboxylic acids is 1. The van der Waals surface area contributed by atoms with Crippen molar-refractivity contribution in [3.63, 3.8) is 0 Å². The maximum atomic E-state index is 14.0. The fourth-order valence-corrected chi connectivity index (χ4v) is 3.90. The molecule has 10 heteroatoms. The lowest BCUT2D eigenvalue weighted by Gasteiger charge is -2.18. The van der Waals surface area contributed by atoms with Gasteiger partial charge < -0.3 is 21.1 Å². The number of fused-ring (bicyclic) bond motifs is 2. The molecule has 0 saturated carbocycles. The number of nitrogens with one attached hydrogen (secondary N) is 2. The second-order valence-electron chi connectivity index (χ2n) is 7.89. The van der Waals surface area contributed by atoms with Crippen LogP contribution in [0.4, 0.5) is 16.0 Å². The van der Waals surface area contributed by atoms with E-state index in [1.165, 1.54) is 10.6 Å². The number of pyridine rings is 1. The van der Waals surface area contributed by atoms with Crippen LogP contribution >= 0.6 is 0 Å². The first-order chi connectivity index (χ1) is 15.9. The number of hydrogen-bond donors (Lipinski definition) is 3. The molecule has 3 aromatic heterocycles. The van der Waals surface area contributed by atoms with Crippen LogP contribution in [0, 0.1) is 12.7 Å². The van der Waals surface area contributed by atoms with Gasteiger partial charge in [0.05, 0.1) is 24.0 Å². The summed E-state index contributed by atoms with van der Waals surface area (Å²) in [5.41, 5.74) is 9.66. The molecular weight excluding hydrogens is 425 g/mol. The van der Waals surface area contributed by atoms with Gasteiger partial charge >= 0.3 is 0 Å². The number of carbonyl (C=O) groups is 1. The highest BCUT2D eigenvalue weighted by molar-refractivity contribution is 6.02. The van der Waals surface area contributed by atoms with Gasteiger partial charge in [0.2, 0.25) is 5.88 Å². The van der Waals surface area contributed by atoms with Crippen molar-refractivity contribution in [3.8, 4) is 17.0 Å². The van der Waals surface area contributed by atoms with Crippen molar-refractivity contribution in [2.75, 3.05) is 17.6 Å². The highest BCUT2D eigenvalue weighted by atomic mass is 19.1. The van der Waals surface area contributed by atoms with Crippen molar-refractivity contribution in [1.29, 1.82) is 0 Å². The molecule has 1 aliphatic rings. The third-order valence-electron chi connectivity index (χ3n) is 5.47. The first-order valence-electron chi connectivity index (χ1n) is 10.5. The molecule has 1 atom stereocenters. The number of hydrogen-bond acceptors (Lipinski definition) is 7. The van der Waals surface area contributed by atoms with Crippen LogP contribution in [0.25, 0.3) is 16.8 Å². The molecule has 1 amide bonds. The fraction of sp³-hybridized carbons (Fsp3) is 0.217. The predicted molar refractivity (Wildman–Crippen MR) is 122 cm³/mol. The maximum Gasteiger partial charge on any atom is 0.257 e. The van der Waals surface area contributed by atoms with Crippen molar-refractivity contribution >= 4 is 23.2 Å². The topological polar surface area (TPSA) is 119 Å². The van der Waals surface area contributed by atoms with Gasteiger partial charge in [-0.25, -0.2) is 14.4 Å². The predicted octanol–water partition coefficient (Wildman–Crippen LogP) is 2.94. The van der Waals surface area contributed by atoms with Gasteiger partial charge in [-0.15, -0.1) is 0 Å². The highest BCUT2D eigenvalue weighted by Crippen LogP contribution is 2.35. The van der Waals surface area contributed by atoms with Crippen LogP contribution in [0.5, 0.6) is 5.88 Å². The third-order valence-corrected chi connectivity index (χ3v) is 5.47. The van der Waals surface area contributed by atoms with E-state index in [9.17, 15) is 9.18 Å². The van der Waals surface area contributed by atoms with Crippen molar-refractivity contribution in [2.24, 2.45) is 0 Å². The fourth-order valence-electron chi connectivity index (χ4n) is 3.90. The zero-order valence-electron chi connectivity index (χ0n) is 18.1. The highest BCUT2D eigenvalue weighted by Gasteiger charge is 2.25. The number of nitrogens with zero attached hydrogens (tertiary/aromatic N) is 4. The van der Waals surface area contributed by atoms with Gasteiger partial charge in [0.1, 0.15) is 29.1 Å². The summed E-state index contributed by atoms with van der Waals surface area (Å²) in [6.07, 6.45) is 0.695. The van der Waals surface area contributed by atoms with Gasteiger partial charge in [-0.3, -0.25) is 4.79 Å². The number of anilines is 2. The number of aromatic nitrogens is 4. The van der Waals surface area contributed by atoms with Crippen molar-refractivity contribution < 1.29 is 13.9 Å². The van der Waals surface area contributed by atoms with Gasteiger partial charge in [-0.1, -0.05) is 30.3 Å². The van der Waals surface area contributed by atoms with E-state index in [-0.39, 0.29) is 24.9 Å². The summed E-state index contributed by atoms with van der Waals surface area (Å²) < 4.78 is 21.4. The van der Waals surface area contributed by atoms with Crippen molar-refractivity contribution in [3.05, 3.63) is 65.2 Å². The zero-order valence-corrected chi connectivity index (χ0v) is 18.1. The van der Waals surface area contributed by atoms with E-state index < -0.39 is 11.9 Å². The van der Waals surface area contributed by atoms with Gasteiger partial charge in [-0.2, -0.15) is 9.61 Å². The van der Waals surface area contributed by atoms with E-state index >= 15 is 0 Å². The number of aryl methyl sites for hydroxylation is 1. The second kappa shape index (κ2) is 8.05. The molecule has 0 aliphatic carbocycles. The molecule has 33 heavy (non-hydrogen) atoms. The number of amides is 1. The van der Waals surface area contributed by atoms with Gasteiger partial charge in [0.25, 0.3) is 5.91 Å². The number of halogens is 1. The lowest BCUT2D eigenvalue weighted by molar-refractivity contribution is 0.0931. The average Bonchev–Trinajstić information content (AvgIpc) is 3.14. The van der Waals surface area contributed by atoms with E-state index in [0.717, 1.165) is 11.8 Å². The van der Waals surface area contributed by atoms with Gasteiger partial charge in [0, 0.05) is 12.1 Å². The molecule has 4 heterocycles. The molecule has 9 nitrogen and oxygen atoms in total. The quantitative estimate of drug-likeness (QED) is 0.410. The lowest BCUT2D eigenvalue weighted by atomic mass is 10.1. The lowest BCUT2D eigenvalue weighted by Crippen LogP contribution is -2.34. The first kappa shape index (κ1) is 20.7. The smallest absolute Gasteiger partial charge is 0.257 e. The summed E-state index contributed by atoms with van der Waals surface area (Å²) in [7, 11) is 0. The molecule has 168 valence electrons. The van der Waals surface area contributed by atoms with Crippen LogP contribution in [0.2, 0.25) is 0 Å². The summed E-state index contributed by atoms with van der Waals surface area (Å²) in [5.74, 6) is 0.217. The minimum Gasteiger partial charge on any atom is -0.473 e. The SMILES string of the molecule is Cc1nn2c(N)c(-c3ccccc3)c3nc2c1C(=O)NCC(C)Oc1ncc(F)cc1CN3. The third kappa shape index (κ3) is 3.69. The Morgan fingerprint density at radius 2 is 2.00 bits per heavy atom. The standard InChI is InChI=1S/C23H22FN7O2/c1-12-9-27-22(32)17-13(2)30-31-19(25)18(14-6-4-3-5-7-14)20(29-21(17)31)26-10-15-8-16(24)11-28-23(15)33-12/h3-8,11-12H,9-10,25H2,1-2H3,(H,26,29)(H,27,32). The van der Waals surface area contributed by atoms with Crippen molar-refractivity contribution in [2.45, 2.75) is 26.5 Å². The Bertz CT molecular complexity index is 1370. The second-order valence-corrected chi connectivity index (χ2v) is 7.89. The first-order valence-corrected chi connectivity index (χ1v) is 10.5. The van der Waals surface area contributed by atoms with E-state index in [1.54, 1.807) is 13.8 Å². The van der Waals surface area contributed by atoms with E-state index in [1.807, 2.05) is 30.3 Å². The number of nitrogen functional groups attached to an aromatic ring is 1. The maximum absolute atomic E-state index is 14.0. The number of nitrogens with two attached hydrogens (primary N) is 1. The zero-order chi connectivity index (χ0) is 23.1. The average molecular weight is 447 g/mol. The number of rotatable bonds is 1. The minimum absolute atomic E-state index is 0.180. The largest absolute Gasteiger partial charge is 0.473 e. The monoisotopic (exact) mass is 447 g/mol. The summed E-state index contributed by atoms with van der Waals surface area (Å²) in [4.78, 5) is 21.9. The Morgan fingerprint density at radius 3 is 2.79 bits per heavy atom. The molecule has 0 radical (unpaired) electrons. The Hall–Kier alpha value is -4.21. The summed E-state index contributed by atoms with van der Waals surface area (Å²) in [6, 6.07) is 10.9. The molecule has 4 N–H and O–H groups in total. The summed E-state index contributed by atoms with van der Waals surface area (Å²) in [5, 5.41) is 10.6. The van der Waals surface area contributed by atoms with E-state index in [2.05, 4.69) is 20.7 Å². The Kier molecular flexibility index (Phi) is 5.04. The molecule has 5 rings (SSSR count). The van der Waals surface area contributed by atoms with Crippen molar-refractivity contribution in [1.82, 2.24) is 24.9 Å². The van der Waals surface area contributed by atoms with E-state index in [0.29, 0.717) is 39.7 Å². The molecule has 2 bridgehead atoms. The summed E-state index contributed by atoms with van der Waals surface area (Å²) >= 11 is 0. The molecule has 0 fully saturated rings.